The standard InChI is InChI=1S/C26H32N4O3/c1-19-7-4-5-12-26(19)24(32)30(25(33)27-26)18-23(31)29-15-13-28(14-16-29)17-21-10-6-9-20-8-2-3-11-22(20)21/h2-3,6,8-11,19H,4-5,7,12-18H2,1H3,(H,27,33). The summed E-state index contributed by atoms with van der Waals surface area (Å²) in [5, 5.41) is 5.44. The lowest BCUT2D eigenvalue weighted by Gasteiger charge is -2.37. The summed E-state index contributed by atoms with van der Waals surface area (Å²) in [4.78, 5) is 44.0. The van der Waals surface area contributed by atoms with Crippen molar-refractivity contribution in [2.24, 2.45) is 5.92 Å². The van der Waals surface area contributed by atoms with E-state index in [0.717, 1.165) is 43.8 Å². The molecule has 2 aromatic rings. The molecule has 2 atom stereocenters. The molecule has 33 heavy (non-hydrogen) atoms. The first kappa shape index (κ1) is 21.9. The summed E-state index contributed by atoms with van der Waals surface area (Å²) in [7, 11) is 0. The van der Waals surface area contributed by atoms with Crippen molar-refractivity contribution in [1.29, 1.82) is 0 Å². The van der Waals surface area contributed by atoms with E-state index in [-0.39, 0.29) is 24.3 Å². The molecule has 2 aliphatic heterocycles. The van der Waals surface area contributed by atoms with Gasteiger partial charge in [-0.15, -0.1) is 0 Å². The van der Waals surface area contributed by atoms with Crippen molar-refractivity contribution in [3.63, 3.8) is 0 Å². The zero-order valence-electron chi connectivity index (χ0n) is 19.3. The number of hydrogen-bond donors (Lipinski definition) is 1. The second kappa shape index (κ2) is 8.78. The third kappa shape index (κ3) is 3.99. The van der Waals surface area contributed by atoms with Gasteiger partial charge in [-0.1, -0.05) is 62.2 Å². The summed E-state index contributed by atoms with van der Waals surface area (Å²) in [5.74, 6) is -0.271. The lowest BCUT2D eigenvalue weighted by Crippen LogP contribution is -2.54. The van der Waals surface area contributed by atoms with Crippen molar-refractivity contribution in [3.05, 3.63) is 48.0 Å². The smallest absolute Gasteiger partial charge is 0.325 e. The lowest BCUT2D eigenvalue weighted by molar-refractivity contribution is -0.141. The van der Waals surface area contributed by atoms with Crippen LogP contribution in [0.1, 0.15) is 38.2 Å². The molecule has 0 aromatic heterocycles. The fourth-order valence-corrected chi connectivity index (χ4v) is 5.70. The van der Waals surface area contributed by atoms with Crippen LogP contribution in [0, 0.1) is 5.92 Å². The number of urea groups is 1. The molecule has 2 heterocycles. The number of hydrogen-bond acceptors (Lipinski definition) is 4. The van der Waals surface area contributed by atoms with Crippen LogP contribution in [0.3, 0.4) is 0 Å². The van der Waals surface area contributed by atoms with Crippen molar-refractivity contribution < 1.29 is 14.4 Å². The summed E-state index contributed by atoms with van der Waals surface area (Å²) < 4.78 is 0. The highest BCUT2D eigenvalue weighted by atomic mass is 16.2. The van der Waals surface area contributed by atoms with E-state index in [0.29, 0.717) is 19.5 Å². The molecule has 2 saturated heterocycles. The van der Waals surface area contributed by atoms with Crippen molar-refractivity contribution in [2.75, 3.05) is 32.7 Å². The van der Waals surface area contributed by atoms with Crippen molar-refractivity contribution >= 4 is 28.6 Å². The summed E-state index contributed by atoms with van der Waals surface area (Å²) >= 11 is 0. The van der Waals surface area contributed by atoms with Gasteiger partial charge in [0.15, 0.2) is 0 Å². The number of benzene rings is 2. The Bertz CT molecular complexity index is 1070. The van der Waals surface area contributed by atoms with Crippen LogP contribution >= 0.6 is 0 Å². The minimum Gasteiger partial charge on any atom is -0.339 e. The molecule has 2 aromatic carbocycles. The number of imide groups is 1. The molecule has 4 amide bonds. The predicted octanol–water partition coefficient (Wildman–Crippen LogP) is 2.98. The summed E-state index contributed by atoms with van der Waals surface area (Å²) in [6.45, 7) is 5.47. The van der Waals surface area contributed by atoms with Crippen molar-refractivity contribution in [3.8, 4) is 0 Å². The van der Waals surface area contributed by atoms with Gasteiger partial charge < -0.3 is 10.2 Å². The Balaban J connectivity index is 1.18. The molecular weight excluding hydrogens is 416 g/mol. The Labute approximate surface area is 194 Å². The van der Waals surface area contributed by atoms with E-state index in [1.54, 1.807) is 4.90 Å². The Morgan fingerprint density at radius 3 is 2.58 bits per heavy atom. The average Bonchev–Trinajstić information content (AvgIpc) is 3.06. The molecule has 7 heteroatoms. The van der Waals surface area contributed by atoms with Crippen LogP contribution in [0.5, 0.6) is 0 Å². The molecule has 0 radical (unpaired) electrons. The maximum absolute atomic E-state index is 13.1. The molecule has 1 N–H and O–H groups in total. The number of amides is 4. The van der Waals surface area contributed by atoms with Crippen LogP contribution in [0.15, 0.2) is 42.5 Å². The van der Waals surface area contributed by atoms with Crippen LogP contribution in [-0.2, 0) is 16.1 Å². The van der Waals surface area contributed by atoms with Crippen molar-refractivity contribution in [2.45, 2.75) is 44.7 Å². The first-order valence-electron chi connectivity index (χ1n) is 12.1. The molecule has 3 aliphatic rings. The normalized spacial score (nSPS) is 26.3. The van der Waals surface area contributed by atoms with Crippen LogP contribution in [0.2, 0.25) is 0 Å². The zero-order chi connectivity index (χ0) is 23.0. The predicted molar refractivity (Wildman–Crippen MR) is 126 cm³/mol. The molecule has 7 nitrogen and oxygen atoms in total. The van der Waals surface area contributed by atoms with Gasteiger partial charge in [-0.3, -0.25) is 19.4 Å². The number of carbonyl (C=O) groups is 3. The number of fused-ring (bicyclic) bond motifs is 1. The largest absolute Gasteiger partial charge is 0.339 e. The highest BCUT2D eigenvalue weighted by molar-refractivity contribution is 6.09. The molecule has 1 spiro atoms. The third-order valence-electron chi connectivity index (χ3n) is 7.79. The van der Waals surface area contributed by atoms with E-state index in [9.17, 15) is 14.4 Å². The Morgan fingerprint density at radius 1 is 1.03 bits per heavy atom. The quantitative estimate of drug-likeness (QED) is 0.730. The molecule has 1 saturated carbocycles. The van der Waals surface area contributed by atoms with Gasteiger partial charge in [-0.25, -0.2) is 4.79 Å². The number of rotatable bonds is 4. The first-order valence-corrected chi connectivity index (χ1v) is 12.1. The van der Waals surface area contributed by atoms with Crippen LogP contribution in [0.4, 0.5) is 4.79 Å². The Morgan fingerprint density at radius 2 is 1.79 bits per heavy atom. The number of carbonyl (C=O) groups excluding carboxylic acids is 3. The van der Waals surface area contributed by atoms with Gasteiger partial charge in [-0.2, -0.15) is 0 Å². The fourth-order valence-electron chi connectivity index (χ4n) is 5.70. The van der Waals surface area contributed by atoms with E-state index in [1.807, 2.05) is 6.92 Å². The van der Waals surface area contributed by atoms with Crippen LogP contribution in [0.25, 0.3) is 10.8 Å². The van der Waals surface area contributed by atoms with Gasteiger partial charge in [-0.05, 0) is 35.1 Å². The highest BCUT2D eigenvalue weighted by Crippen LogP contribution is 2.38. The van der Waals surface area contributed by atoms with Gasteiger partial charge >= 0.3 is 6.03 Å². The molecule has 0 bridgehead atoms. The highest BCUT2D eigenvalue weighted by Gasteiger charge is 2.55. The van der Waals surface area contributed by atoms with Crippen LogP contribution in [-0.4, -0.2) is 70.8 Å². The topological polar surface area (TPSA) is 73.0 Å². The van der Waals surface area contributed by atoms with Gasteiger partial charge in [0.25, 0.3) is 5.91 Å². The molecule has 174 valence electrons. The van der Waals surface area contributed by atoms with E-state index in [1.165, 1.54) is 16.3 Å². The SMILES string of the molecule is CC1CCCCC12NC(=O)N(CC(=O)N1CCN(Cc3cccc4ccccc34)CC1)C2=O. The Kier molecular flexibility index (Phi) is 5.83. The Hall–Kier alpha value is -2.93. The molecule has 3 fully saturated rings. The van der Waals surface area contributed by atoms with Gasteiger partial charge in [0, 0.05) is 32.7 Å². The second-order valence-corrected chi connectivity index (χ2v) is 9.73. The summed E-state index contributed by atoms with van der Waals surface area (Å²) in [6.07, 6.45) is 3.59. The lowest BCUT2D eigenvalue weighted by atomic mass is 9.73. The van der Waals surface area contributed by atoms with Crippen LogP contribution < -0.4 is 5.32 Å². The van der Waals surface area contributed by atoms with E-state index in [2.05, 4.69) is 52.7 Å². The fraction of sp³-hybridized carbons (Fsp3) is 0.500. The molecule has 1 aliphatic carbocycles. The summed E-state index contributed by atoms with van der Waals surface area (Å²) in [5.41, 5.74) is 0.478. The van der Waals surface area contributed by atoms with E-state index in [4.69, 9.17) is 0 Å². The maximum Gasteiger partial charge on any atom is 0.325 e. The molecule has 2 unspecified atom stereocenters. The second-order valence-electron chi connectivity index (χ2n) is 9.73. The van der Waals surface area contributed by atoms with E-state index >= 15 is 0 Å². The first-order chi connectivity index (χ1) is 16.0. The zero-order valence-corrected chi connectivity index (χ0v) is 19.3. The minimum atomic E-state index is -0.813. The average molecular weight is 449 g/mol. The molecular formula is C26H32N4O3. The molecule has 5 rings (SSSR count). The maximum atomic E-state index is 13.1. The number of nitrogens with zero attached hydrogens (tertiary/aromatic N) is 3. The number of nitrogens with one attached hydrogen (secondary N) is 1. The number of piperazine rings is 1. The summed E-state index contributed by atoms with van der Waals surface area (Å²) in [6, 6.07) is 14.4. The van der Waals surface area contributed by atoms with Gasteiger partial charge in [0.05, 0.1) is 0 Å². The van der Waals surface area contributed by atoms with Crippen molar-refractivity contribution in [1.82, 2.24) is 20.0 Å². The minimum absolute atomic E-state index is 0.0976. The van der Waals surface area contributed by atoms with Gasteiger partial charge in [0.2, 0.25) is 5.91 Å². The van der Waals surface area contributed by atoms with E-state index < -0.39 is 11.6 Å². The van der Waals surface area contributed by atoms with Gasteiger partial charge in [0.1, 0.15) is 12.1 Å². The monoisotopic (exact) mass is 448 g/mol. The third-order valence-corrected chi connectivity index (χ3v) is 7.79.